The summed E-state index contributed by atoms with van der Waals surface area (Å²) in [7, 11) is 0. The van der Waals surface area contributed by atoms with E-state index in [0.29, 0.717) is 21.6 Å². The van der Waals surface area contributed by atoms with Gasteiger partial charge in [0.25, 0.3) is 5.91 Å². The van der Waals surface area contributed by atoms with Gasteiger partial charge >= 0.3 is 0 Å². The molecule has 148 valence electrons. The van der Waals surface area contributed by atoms with Crippen molar-refractivity contribution in [1.29, 1.82) is 0 Å². The van der Waals surface area contributed by atoms with Gasteiger partial charge < -0.3 is 10.6 Å². The number of halogens is 2. The lowest BCUT2D eigenvalue weighted by Crippen LogP contribution is -2.24. The number of carbonyl (C=O) groups is 2. The Morgan fingerprint density at radius 1 is 1.21 bits per heavy atom. The zero-order valence-corrected chi connectivity index (χ0v) is 17.3. The summed E-state index contributed by atoms with van der Waals surface area (Å²) in [6.07, 6.45) is -0.0408. The van der Waals surface area contributed by atoms with Gasteiger partial charge in [-0.3, -0.25) is 9.59 Å². The van der Waals surface area contributed by atoms with Crippen LogP contribution >= 0.6 is 23.2 Å². The molecule has 4 rings (SSSR count). The molecule has 0 fully saturated rings. The number of aromatic nitrogens is 2. The van der Waals surface area contributed by atoms with Crippen molar-refractivity contribution < 1.29 is 9.59 Å². The number of hydrogen-bond acceptors (Lipinski definition) is 3. The molecule has 2 N–H and O–H groups in total. The number of fused-ring (bicyclic) bond motifs is 1. The van der Waals surface area contributed by atoms with Crippen molar-refractivity contribution in [3.05, 3.63) is 63.8 Å². The van der Waals surface area contributed by atoms with Crippen molar-refractivity contribution in [2.24, 2.45) is 0 Å². The highest BCUT2D eigenvalue weighted by Gasteiger charge is 2.36. The van der Waals surface area contributed by atoms with E-state index in [2.05, 4.69) is 15.7 Å². The van der Waals surface area contributed by atoms with Gasteiger partial charge in [-0.25, -0.2) is 4.68 Å². The Kier molecular flexibility index (Phi) is 5.06. The van der Waals surface area contributed by atoms with Gasteiger partial charge in [-0.2, -0.15) is 5.10 Å². The summed E-state index contributed by atoms with van der Waals surface area (Å²) in [6.45, 7) is 3.69. The molecule has 2 heterocycles. The third-order valence-electron chi connectivity index (χ3n) is 4.96. The summed E-state index contributed by atoms with van der Waals surface area (Å²) >= 11 is 12.2. The topological polar surface area (TPSA) is 76.0 Å². The van der Waals surface area contributed by atoms with Crippen LogP contribution in [0.1, 0.15) is 23.7 Å². The van der Waals surface area contributed by atoms with Crippen molar-refractivity contribution in [2.75, 3.05) is 10.6 Å². The summed E-state index contributed by atoms with van der Waals surface area (Å²) in [5.41, 5.74) is 3.80. The number of nitrogens with zero attached hydrogens (tertiary/aromatic N) is 2. The Labute approximate surface area is 177 Å². The van der Waals surface area contributed by atoms with Gasteiger partial charge in [0.15, 0.2) is 0 Å². The summed E-state index contributed by atoms with van der Waals surface area (Å²) in [4.78, 5) is 25.2. The molecule has 8 heteroatoms. The molecule has 1 aliphatic rings. The number of benzene rings is 2. The fourth-order valence-electron chi connectivity index (χ4n) is 3.49. The minimum Gasteiger partial charge on any atom is -0.326 e. The third kappa shape index (κ3) is 3.61. The van der Waals surface area contributed by atoms with E-state index in [4.69, 9.17) is 23.2 Å². The third-order valence-corrected chi connectivity index (χ3v) is 5.60. The van der Waals surface area contributed by atoms with E-state index in [1.165, 1.54) is 0 Å². The van der Waals surface area contributed by atoms with Crippen LogP contribution < -0.4 is 10.6 Å². The molecule has 0 bridgehead atoms. The van der Waals surface area contributed by atoms with E-state index in [-0.39, 0.29) is 18.2 Å². The van der Waals surface area contributed by atoms with E-state index in [1.807, 2.05) is 32.0 Å². The molecule has 2 amide bonds. The van der Waals surface area contributed by atoms with Gasteiger partial charge in [-0.15, -0.1) is 0 Å². The highest BCUT2D eigenvalue weighted by atomic mass is 35.5. The van der Waals surface area contributed by atoms with Crippen LogP contribution in [0.2, 0.25) is 10.0 Å². The normalized spacial score (nSPS) is 15.2. The Hall–Kier alpha value is -2.83. The quantitative estimate of drug-likeness (QED) is 0.613. The van der Waals surface area contributed by atoms with Gasteiger partial charge in [0.1, 0.15) is 11.9 Å². The van der Waals surface area contributed by atoms with Gasteiger partial charge in [-0.05, 0) is 49.2 Å². The number of amides is 2. The van der Waals surface area contributed by atoms with Gasteiger partial charge in [-0.1, -0.05) is 41.4 Å². The molecular formula is C21H18Cl2N4O2. The SMILES string of the molecule is Cc1nn2c(c1-c1cccc(Cl)c1)NC(=O)C2CC(=O)Nc1cccc(Cl)c1C. The van der Waals surface area contributed by atoms with Crippen LogP contribution in [0, 0.1) is 13.8 Å². The van der Waals surface area contributed by atoms with E-state index >= 15 is 0 Å². The summed E-state index contributed by atoms with van der Waals surface area (Å²) < 4.78 is 1.58. The van der Waals surface area contributed by atoms with Crippen molar-refractivity contribution in [2.45, 2.75) is 26.3 Å². The first kappa shape index (κ1) is 19.5. The molecule has 6 nitrogen and oxygen atoms in total. The highest BCUT2D eigenvalue weighted by molar-refractivity contribution is 6.32. The molecule has 3 aromatic rings. The van der Waals surface area contributed by atoms with Crippen LogP contribution in [0.25, 0.3) is 11.1 Å². The van der Waals surface area contributed by atoms with Crippen LogP contribution in [0.4, 0.5) is 11.5 Å². The molecular weight excluding hydrogens is 411 g/mol. The first-order valence-corrected chi connectivity index (χ1v) is 9.81. The maximum Gasteiger partial charge on any atom is 0.251 e. The average molecular weight is 429 g/mol. The minimum absolute atomic E-state index is 0.0408. The first-order chi connectivity index (χ1) is 13.8. The van der Waals surface area contributed by atoms with Crippen molar-refractivity contribution in [3.8, 4) is 11.1 Å². The van der Waals surface area contributed by atoms with Crippen molar-refractivity contribution in [3.63, 3.8) is 0 Å². The molecule has 1 aliphatic heterocycles. The molecule has 1 aromatic heterocycles. The molecule has 2 aromatic carbocycles. The van der Waals surface area contributed by atoms with E-state index in [0.717, 1.165) is 22.4 Å². The zero-order valence-electron chi connectivity index (χ0n) is 15.8. The average Bonchev–Trinajstić information content (AvgIpc) is 3.13. The molecule has 0 saturated heterocycles. The second kappa shape index (κ2) is 7.54. The smallest absolute Gasteiger partial charge is 0.251 e. The van der Waals surface area contributed by atoms with Crippen LogP contribution in [-0.4, -0.2) is 21.6 Å². The molecule has 1 unspecified atom stereocenters. The maximum absolute atomic E-state index is 12.6. The second-order valence-corrected chi connectivity index (χ2v) is 7.78. The number of nitrogens with one attached hydrogen (secondary N) is 2. The minimum atomic E-state index is -0.726. The molecule has 0 radical (unpaired) electrons. The Morgan fingerprint density at radius 3 is 2.72 bits per heavy atom. The van der Waals surface area contributed by atoms with Gasteiger partial charge in [0.05, 0.1) is 12.1 Å². The van der Waals surface area contributed by atoms with E-state index in [1.54, 1.807) is 28.9 Å². The lowest BCUT2D eigenvalue weighted by molar-refractivity contribution is -0.123. The van der Waals surface area contributed by atoms with E-state index in [9.17, 15) is 9.59 Å². The summed E-state index contributed by atoms with van der Waals surface area (Å²) in [6, 6.07) is 11.9. The molecule has 0 aliphatic carbocycles. The zero-order chi connectivity index (χ0) is 20.7. The summed E-state index contributed by atoms with van der Waals surface area (Å²) in [5, 5.41) is 11.4. The number of aryl methyl sites for hydroxylation is 1. The molecule has 29 heavy (non-hydrogen) atoms. The maximum atomic E-state index is 12.6. The first-order valence-electron chi connectivity index (χ1n) is 9.06. The fourth-order valence-corrected chi connectivity index (χ4v) is 3.86. The van der Waals surface area contributed by atoms with Crippen LogP contribution in [0.3, 0.4) is 0 Å². The van der Waals surface area contributed by atoms with Gasteiger partial charge in [0, 0.05) is 21.3 Å². The predicted octanol–water partition coefficient (Wildman–Crippen LogP) is 5.00. The largest absolute Gasteiger partial charge is 0.326 e. The van der Waals surface area contributed by atoms with Crippen LogP contribution in [0.5, 0.6) is 0 Å². The molecule has 0 spiro atoms. The van der Waals surface area contributed by atoms with Gasteiger partial charge in [0.2, 0.25) is 5.91 Å². The number of hydrogen-bond donors (Lipinski definition) is 2. The number of anilines is 2. The second-order valence-electron chi connectivity index (χ2n) is 6.93. The fraction of sp³-hybridized carbons (Fsp3) is 0.190. The van der Waals surface area contributed by atoms with Crippen molar-refractivity contribution >= 4 is 46.5 Å². The lowest BCUT2D eigenvalue weighted by Gasteiger charge is -2.12. The Morgan fingerprint density at radius 2 is 1.97 bits per heavy atom. The Balaban J connectivity index is 1.60. The lowest BCUT2D eigenvalue weighted by atomic mass is 10.1. The van der Waals surface area contributed by atoms with Crippen molar-refractivity contribution in [1.82, 2.24) is 9.78 Å². The monoisotopic (exact) mass is 428 g/mol. The van der Waals surface area contributed by atoms with Crippen LogP contribution in [-0.2, 0) is 9.59 Å². The van der Waals surface area contributed by atoms with Crippen LogP contribution in [0.15, 0.2) is 42.5 Å². The standard InChI is InChI=1S/C21H18Cl2N4O2/c1-11-15(23)7-4-8-16(11)24-18(28)10-17-21(29)25-20-19(12(2)26-27(17)20)13-5-3-6-14(22)9-13/h3-9,17H,10H2,1-2H3,(H,24,28)(H,25,29). The predicted molar refractivity (Wildman–Crippen MR) is 115 cm³/mol. The highest BCUT2D eigenvalue weighted by Crippen LogP contribution is 2.39. The number of carbonyl (C=O) groups excluding carboxylic acids is 2. The van der Waals surface area contributed by atoms with E-state index < -0.39 is 6.04 Å². The number of rotatable bonds is 4. The summed E-state index contributed by atoms with van der Waals surface area (Å²) in [5.74, 6) is 0.0149. The molecule has 1 atom stereocenters. The Bertz CT molecular complexity index is 1140. The molecule has 0 saturated carbocycles.